The van der Waals surface area contributed by atoms with Gasteiger partial charge >= 0.3 is 13.7 Å². The van der Waals surface area contributed by atoms with E-state index in [0.717, 1.165) is 5.56 Å². The third kappa shape index (κ3) is 5.06. The molecule has 1 fully saturated rings. The van der Waals surface area contributed by atoms with E-state index in [4.69, 9.17) is 13.8 Å². The second-order valence-corrected chi connectivity index (χ2v) is 9.06. The number of hydrogen-bond acceptors (Lipinski definition) is 5. The van der Waals surface area contributed by atoms with Crippen molar-refractivity contribution >= 4 is 13.7 Å². The van der Waals surface area contributed by atoms with Crippen LogP contribution in [0.4, 0.5) is 4.79 Å². The standard InChI is InChI=1S/C18H28NO5P/c1-6-22-25(21,23-7-2)16-15(13-14-11-9-8-10-12-14)19(16)17(20)24-18(3,4)5/h8-12,15-16H,6-7,13H2,1-5H3/t15-,16+,19?/m0/s1. The van der Waals surface area contributed by atoms with E-state index in [-0.39, 0.29) is 19.3 Å². The highest BCUT2D eigenvalue weighted by Crippen LogP contribution is 2.63. The van der Waals surface area contributed by atoms with Crippen LogP contribution in [0.3, 0.4) is 0 Å². The highest BCUT2D eigenvalue weighted by Gasteiger charge is 2.63. The Hall–Kier alpha value is -1.36. The lowest BCUT2D eigenvalue weighted by Gasteiger charge is -2.21. The molecule has 1 aromatic carbocycles. The number of nitrogens with zero attached hydrogens (tertiary/aromatic N) is 1. The maximum absolute atomic E-state index is 13.2. The first-order valence-corrected chi connectivity index (χ1v) is 10.3. The van der Waals surface area contributed by atoms with Gasteiger partial charge in [0.2, 0.25) is 0 Å². The number of carbonyl (C=O) groups excluding carboxylic acids is 1. The molecule has 2 atom stereocenters. The Morgan fingerprint density at radius 1 is 1.12 bits per heavy atom. The minimum Gasteiger partial charge on any atom is -0.444 e. The molecule has 0 N–H and O–H groups in total. The van der Waals surface area contributed by atoms with E-state index in [1.54, 1.807) is 34.6 Å². The molecule has 0 aliphatic carbocycles. The predicted molar refractivity (Wildman–Crippen MR) is 96.7 cm³/mol. The molecule has 0 unspecified atom stereocenters. The molecular formula is C18H28NO5P. The summed E-state index contributed by atoms with van der Waals surface area (Å²) < 4.78 is 29.5. The Morgan fingerprint density at radius 3 is 2.16 bits per heavy atom. The van der Waals surface area contributed by atoms with Gasteiger partial charge in [-0.2, -0.15) is 0 Å². The van der Waals surface area contributed by atoms with Crippen LogP contribution in [0.15, 0.2) is 30.3 Å². The van der Waals surface area contributed by atoms with Gasteiger partial charge in [-0.3, -0.25) is 9.46 Å². The van der Waals surface area contributed by atoms with Crippen molar-refractivity contribution in [2.24, 2.45) is 0 Å². The van der Waals surface area contributed by atoms with E-state index in [9.17, 15) is 9.36 Å². The Bertz CT molecular complexity index is 618. The van der Waals surface area contributed by atoms with Gasteiger partial charge in [0.25, 0.3) is 0 Å². The Morgan fingerprint density at radius 2 is 1.68 bits per heavy atom. The van der Waals surface area contributed by atoms with Crippen molar-refractivity contribution in [1.82, 2.24) is 4.90 Å². The average Bonchev–Trinajstić information content (AvgIpc) is 3.22. The summed E-state index contributed by atoms with van der Waals surface area (Å²) in [4.78, 5) is 14.0. The summed E-state index contributed by atoms with van der Waals surface area (Å²) in [5.41, 5.74) is 0.436. The molecule has 6 nitrogen and oxygen atoms in total. The number of amides is 1. The fourth-order valence-corrected chi connectivity index (χ4v) is 5.06. The average molecular weight is 369 g/mol. The number of rotatable bonds is 7. The largest absolute Gasteiger partial charge is 0.444 e. The SMILES string of the molecule is CCOP(=O)(OCC)[C@@H]1[C@H](Cc2ccccc2)N1C(=O)OC(C)(C)C. The van der Waals surface area contributed by atoms with Crippen molar-refractivity contribution in [3.63, 3.8) is 0 Å². The normalized spacial score (nSPS) is 20.4. The summed E-state index contributed by atoms with van der Waals surface area (Å²) in [6.45, 7) is 9.46. The van der Waals surface area contributed by atoms with Crippen molar-refractivity contribution in [2.45, 2.75) is 58.5 Å². The lowest BCUT2D eigenvalue weighted by molar-refractivity contribution is 0.0396. The molecule has 0 bridgehead atoms. The summed E-state index contributed by atoms with van der Waals surface area (Å²) >= 11 is 0. The van der Waals surface area contributed by atoms with Gasteiger partial charge in [-0.15, -0.1) is 0 Å². The minimum absolute atomic E-state index is 0.258. The van der Waals surface area contributed by atoms with Crippen molar-refractivity contribution in [2.75, 3.05) is 13.2 Å². The third-order valence-corrected chi connectivity index (χ3v) is 6.21. The molecule has 0 radical (unpaired) electrons. The van der Waals surface area contributed by atoms with Crippen LogP contribution in [0.25, 0.3) is 0 Å². The van der Waals surface area contributed by atoms with Gasteiger partial charge in [0.1, 0.15) is 5.60 Å². The maximum atomic E-state index is 13.2. The Balaban J connectivity index is 2.23. The van der Waals surface area contributed by atoms with Gasteiger partial charge in [-0.25, -0.2) is 4.79 Å². The highest BCUT2D eigenvalue weighted by atomic mass is 31.2. The van der Waals surface area contributed by atoms with Crippen LogP contribution in [0, 0.1) is 0 Å². The molecule has 1 heterocycles. The first-order valence-electron chi connectivity index (χ1n) is 8.66. The van der Waals surface area contributed by atoms with Crippen molar-refractivity contribution in [1.29, 1.82) is 0 Å². The lowest BCUT2D eigenvalue weighted by Crippen LogP contribution is -2.28. The molecule has 1 amide bonds. The molecule has 2 rings (SSSR count). The van der Waals surface area contributed by atoms with Crippen LogP contribution in [0.1, 0.15) is 40.2 Å². The van der Waals surface area contributed by atoms with Crippen LogP contribution >= 0.6 is 7.60 Å². The van der Waals surface area contributed by atoms with Gasteiger partial charge < -0.3 is 13.8 Å². The molecule has 1 aliphatic rings. The van der Waals surface area contributed by atoms with Gasteiger partial charge in [0.05, 0.1) is 19.3 Å². The third-order valence-electron chi connectivity index (χ3n) is 3.73. The summed E-state index contributed by atoms with van der Waals surface area (Å²) in [6.07, 6.45) is 0.0904. The van der Waals surface area contributed by atoms with Crippen molar-refractivity contribution in [3.05, 3.63) is 35.9 Å². The lowest BCUT2D eigenvalue weighted by atomic mass is 10.1. The zero-order valence-electron chi connectivity index (χ0n) is 15.6. The van der Waals surface area contributed by atoms with E-state index >= 15 is 0 Å². The quantitative estimate of drug-likeness (QED) is 0.525. The Labute approximate surface area is 150 Å². The monoisotopic (exact) mass is 369 g/mol. The van der Waals surface area contributed by atoms with Crippen molar-refractivity contribution in [3.8, 4) is 0 Å². The van der Waals surface area contributed by atoms with Gasteiger partial charge in [-0.05, 0) is 46.6 Å². The molecule has 25 heavy (non-hydrogen) atoms. The summed E-state index contributed by atoms with van der Waals surface area (Å²) in [6, 6.07) is 9.51. The van der Waals surface area contributed by atoms with Gasteiger partial charge in [-0.1, -0.05) is 30.3 Å². The van der Waals surface area contributed by atoms with Crippen LogP contribution in [0.5, 0.6) is 0 Å². The molecule has 1 saturated heterocycles. The Kier molecular flexibility index (Phi) is 6.30. The van der Waals surface area contributed by atoms with Gasteiger partial charge in [0, 0.05) is 0 Å². The predicted octanol–water partition coefficient (Wildman–Crippen LogP) is 4.44. The van der Waals surface area contributed by atoms with Crippen molar-refractivity contribution < 1.29 is 23.1 Å². The fraction of sp³-hybridized carbons (Fsp3) is 0.611. The fourth-order valence-electron chi connectivity index (χ4n) is 2.80. The molecule has 0 aromatic heterocycles. The van der Waals surface area contributed by atoms with Crippen LogP contribution in [0.2, 0.25) is 0 Å². The number of hydrogen-bond donors (Lipinski definition) is 0. The molecule has 140 valence electrons. The molecule has 1 aliphatic heterocycles. The molecule has 1 aromatic rings. The minimum atomic E-state index is -3.42. The van der Waals surface area contributed by atoms with E-state index in [1.165, 1.54) is 4.90 Å². The first kappa shape index (κ1) is 20.0. The van der Waals surface area contributed by atoms with E-state index in [0.29, 0.717) is 6.42 Å². The number of ether oxygens (including phenoxy) is 1. The summed E-state index contributed by atoms with van der Waals surface area (Å²) in [7, 11) is -3.42. The highest BCUT2D eigenvalue weighted by molar-refractivity contribution is 7.55. The first-order chi connectivity index (χ1) is 11.7. The molecule has 7 heteroatoms. The zero-order chi connectivity index (χ0) is 18.7. The zero-order valence-corrected chi connectivity index (χ0v) is 16.5. The number of carbonyl (C=O) groups is 1. The summed E-state index contributed by atoms with van der Waals surface area (Å²) in [5.74, 6) is -0.609. The van der Waals surface area contributed by atoms with E-state index in [1.807, 2.05) is 30.3 Å². The van der Waals surface area contributed by atoms with Gasteiger partial charge in [0.15, 0.2) is 5.78 Å². The number of benzene rings is 1. The second kappa shape index (κ2) is 7.90. The molecular weight excluding hydrogens is 341 g/mol. The second-order valence-electron chi connectivity index (χ2n) is 6.93. The molecule has 0 saturated carbocycles. The van der Waals surface area contributed by atoms with E-state index in [2.05, 4.69) is 0 Å². The molecule has 0 spiro atoms. The van der Waals surface area contributed by atoms with Crippen LogP contribution in [-0.4, -0.2) is 41.6 Å². The van der Waals surface area contributed by atoms with Crippen LogP contribution < -0.4 is 0 Å². The topological polar surface area (TPSA) is 64.8 Å². The van der Waals surface area contributed by atoms with Crippen LogP contribution in [-0.2, 0) is 24.8 Å². The maximum Gasteiger partial charge on any atom is 0.411 e. The summed E-state index contributed by atoms with van der Waals surface area (Å²) in [5, 5.41) is 0. The van der Waals surface area contributed by atoms with E-state index < -0.39 is 25.1 Å². The smallest absolute Gasteiger partial charge is 0.411 e.